The van der Waals surface area contributed by atoms with Crippen LogP contribution in [0.4, 0.5) is 0 Å². The van der Waals surface area contributed by atoms with Crippen molar-refractivity contribution >= 4 is 47.8 Å². The highest BCUT2D eigenvalue weighted by atomic mass is 28.4. The highest BCUT2D eigenvalue weighted by Crippen LogP contribution is 2.27. The molecule has 0 radical (unpaired) electrons. The molecule has 0 amide bonds. The van der Waals surface area contributed by atoms with Gasteiger partial charge in [-0.3, -0.25) is 0 Å². The molecule has 6 nitrogen and oxygen atoms in total. The Morgan fingerprint density at radius 3 is 1.22 bits per heavy atom. The Morgan fingerprint density at radius 1 is 0.500 bits per heavy atom. The minimum absolute atomic E-state index is 0.117. The summed E-state index contributed by atoms with van der Waals surface area (Å²) in [6, 6.07) is 0. The third-order valence-electron chi connectivity index (χ3n) is 3.65. The van der Waals surface area contributed by atoms with E-state index in [0.717, 1.165) is 0 Å². The van der Waals surface area contributed by atoms with E-state index in [9.17, 15) is 0 Å². The van der Waals surface area contributed by atoms with Gasteiger partial charge in [0, 0.05) is 0 Å². The van der Waals surface area contributed by atoms with Gasteiger partial charge in [-0.2, -0.15) is 0 Å². The molecule has 11 heteroatoms. The summed E-state index contributed by atoms with van der Waals surface area (Å²) in [4.78, 5) is 0. The highest BCUT2D eigenvalue weighted by molar-refractivity contribution is 6.71. The van der Waals surface area contributed by atoms with Gasteiger partial charge in [-0.15, -0.1) is 5.16 Å². The Kier molecular flexibility index (Phi) is 12.0. The maximum absolute atomic E-state index is 6.81. The summed E-state index contributed by atoms with van der Waals surface area (Å²) in [6.07, 6.45) is 0.760. The van der Waals surface area contributed by atoms with E-state index < -0.39 is 41.6 Å². The molecule has 0 fully saturated rings. The monoisotopic (exact) mass is 539 g/mol. The van der Waals surface area contributed by atoms with Crippen molar-refractivity contribution < 1.29 is 22.2 Å². The SMILES string of the molecule is CC(O[Si](C)(C)C)C(O[Si](C)(C)C)C(O[Si](C)(C)C)C(C=NO[Si](C)(C)C)O[Si](C)(C)C. The number of hydrogen-bond donors (Lipinski definition) is 0. The molecule has 0 bridgehead atoms. The highest BCUT2D eigenvalue weighted by Gasteiger charge is 2.43. The lowest BCUT2D eigenvalue weighted by Gasteiger charge is -2.43. The van der Waals surface area contributed by atoms with Crippen molar-refractivity contribution in [3.8, 4) is 0 Å². The lowest BCUT2D eigenvalue weighted by Crippen LogP contribution is -2.58. The van der Waals surface area contributed by atoms with Crippen molar-refractivity contribution in [2.45, 2.75) is 130 Å². The van der Waals surface area contributed by atoms with Crippen LogP contribution in [-0.4, -0.2) is 72.2 Å². The van der Waals surface area contributed by atoms with Crippen molar-refractivity contribution in [2.75, 3.05) is 0 Å². The predicted molar refractivity (Wildman–Crippen MR) is 151 cm³/mol. The maximum Gasteiger partial charge on any atom is 0.278 e. The molecule has 4 unspecified atom stereocenters. The molecule has 0 aromatic heterocycles. The van der Waals surface area contributed by atoms with E-state index in [4.69, 9.17) is 22.2 Å². The Morgan fingerprint density at radius 2 is 0.875 bits per heavy atom. The van der Waals surface area contributed by atoms with Gasteiger partial charge in [-0.05, 0) is 105 Å². The van der Waals surface area contributed by atoms with Crippen molar-refractivity contribution in [1.29, 1.82) is 0 Å². The Hall–Kier alpha value is 0.394. The van der Waals surface area contributed by atoms with E-state index in [1.807, 2.05) is 6.21 Å². The molecular formula is C21H53NO5Si5. The number of rotatable bonds is 14. The first kappa shape index (κ1) is 32.4. The normalized spacial score (nSPS) is 18.5. The molecule has 0 rings (SSSR count). The van der Waals surface area contributed by atoms with Gasteiger partial charge >= 0.3 is 0 Å². The second-order valence-electron chi connectivity index (χ2n) is 13.5. The van der Waals surface area contributed by atoms with Crippen LogP contribution in [0.1, 0.15) is 6.92 Å². The molecule has 0 saturated carbocycles. The zero-order chi connectivity index (χ0) is 25.8. The molecule has 0 heterocycles. The lowest BCUT2D eigenvalue weighted by molar-refractivity contribution is -0.0558. The fourth-order valence-corrected chi connectivity index (χ4v) is 7.90. The third kappa shape index (κ3) is 16.9. The quantitative estimate of drug-likeness (QED) is 0.139. The summed E-state index contributed by atoms with van der Waals surface area (Å²) in [7, 11) is -9.35. The molecule has 192 valence electrons. The van der Waals surface area contributed by atoms with Crippen molar-refractivity contribution in [1.82, 2.24) is 0 Å². The van der Waals surface area contributed by atoms with E-state index in [0.29, 0.717) is 0 Å². The van der Waals surface area contributed by atoms with Gasteiger partial charge < -0.3 is 22.2 Å². The lowest BCUT2D eigenvalue weighted by atomic mass is 10.1. The van der Waals surface area contributed by atoms with E-state index in [2.05, 4.69) is 110 Å². The van der Waals surface area contributed by atoms with Crippen molar-refractivity contribution in [3.05, 3.63) is 0 Å². The van der Waals surface area contributed by atoms with Crippen LogP contribution in [0.15, 0.2) is 5.16 Å². The summed E-state index contributed by atoms with van der Waals surface area (Å²) in [5.74, 6) is 0. The smallest absolute Gasteiger partial charge is 0.278 e. The summed E-state index contributed by atoms with van der Waals surface area (Å²) in [6.45, 7) is 34.9. The maximum atomic E-state index is 6.81. The molecule has 0 aromatic rings. The van der Waals surface area contributed by atoms with Gasteiger partial charge in [0.15, 0.2) is 33.3 Å². The zero-order valence-electron chi connectivity index (χ0n) is 23.9. The first-order valence-corrected chi connectivity index (χ1v) is 28.9. The van der Waals surface area contributed by atoms with E-state index in [-0.39, 0.29) is 24.4 Å². The molecule has 0 aliphatic rings. The standard InChI is InChI=1S/C21H53NO5Si5/c1-18(23-28(2,3)4)20(25-30(8,9)10)21(26-31(11,12)13)19(24-29(5,6)7)17-22-27-32(14,15)16/h17-21H,1-16H3. The second kappa shape index (κ2) is 11.9. The van der Waals surface area contributed by atoms with E-state index in [1.54, 1.807) is 0 Å². The Bertz CT molecular complexity index is 586. The largest absolute Gasteiger partial charge is 0.456 e. The van der Waals surface area contributed by atoms with Crippen LogP contribution in [0.3, 0.4) is 0 Å². The fourth-order valence-electron chi connectivity index (χ4n) is 3.03. The topological polar surface area (TPSA) is 58.5 Å². The van der Waals surface area contributed by atoms with Gasteiger partial charge in [0.1, 0.15) is 12.2 Å². The molecule has 0 saturated heterocycles. The first-order chi connectivity index (χ1) is 13.9. The molecule has 0 spiro atoms. The van der Waals surface area contributed by atoms with Crippen LogP contribution in [0, 0.1) is 0 Å². The Labute approximate surface area is 204 Å². The predicted octanol–water partition coefficient (Wildman–Crippen LogP) is 6.72. The molecule has 0 aromatic carbocycles. The average molecular weight is 540 g/mol. The van der Waals surface area contributed by atoms with Gasteiger partial charge in [0.2, 0.25) is 0 Å². The van der Waals surface area contributed by atoms with E-state index >= 15 is 0 Å². The Balaban J connectivity index is 6.42. The minimum Gasteiger partial charge on any atom is -0.456 e. The molecule has 4 atom stereocenters. The summed E-state index contributed by atoms with van der Waals surface area (Å²) < 4.78 is 32.6. The van der Waals surface area contributed by atoms with Crippen LogP contribution in [-0.2, 0) is 22.2 Å². The van der Waals surface area contributed by atoms with Crippen LogP contribution < -0.4 is 0 Å². The van der Waals surface area contributed by atoms with Crippen LogP contribution >= 0.6 is 0 Å². The number of oxime groups is 1. The summed E-state index contributed by atoms with van der Waals surface area (Å²) >= 11 is 0. The molecule has 0 aliphatic carbocycles. The van der Waals surface area contributed by atoms with Gasteiger partial charge in [-0.1, -0.05) is 0 Å². The van der Waals surface area contributed by atoms with Crippen molar-refractivity contribution in [3.63, 3.8) is 0 Å². The van der Waals surface area contributed by atoms with Crippen LogP contribution in [0.25, 0.3) is 0 Å². The summed E-state index contributed by atoms with van der Waals surface area (Å²) in [5, 5.41) is 4.38. The molecule has 32 heavy (non-hydrogen) atoms. The average Bonchev–Trinajstić information content (AvgIpc) is 2.43. The molecular weight excluding hydrogens is 487 g/mol. The minimum atomic E-state index is -1.94. The van der Waals surface area contributed by atoms with Crippen molar-refractivity contribution in [2.24, 2.45) is 5.16 Å². The zero-order valence-corrected chi connectivity index (χ0v) is 28.9. The van der Waals surface area contributed by atoms with Gasteiger partial charge in [0.05, 0.1) is 18.4 Å². The first-order valence-electron chi connectivity index (χ1n) is 11.8. The van der Waals surface area contributed by atoms with Crippen LogP contribution in [0.5, 0.6) is 0 Å². The molecule has 0 N–H and O–H groups in total. The van der Waals surface area contributed by atoms with Gasteiger partial charge in [-0.25, -0.2) is 0 Å². The van der Waals surface area contributed by atoms with Crippen LogP contribution in [0.2, 0.25) is 98.2 Å². The number of hydrogen-bond acceptors (Lipinski definition) is 6. The number of nitrogens with zero attached hydrogens (tertiary/aromatic N) is 1. The second-order valence-corrected chi connectivity index (χ2v) is 35.7. The molecule has 0 aliphatic heterocycles. The van der Waals surface area contributed by atoms with Gasteiger partial charge in [0.25, 0.3) is 8.32 Å². The third-order valence-corrected chi connectivity index (χ3v) is 8.32. The summed E-state index contributed by atoms with van der Waals surface area (Å²) in [5.41, 5.74) is 0. The van der Waals surface area contributed by atoms with E-state index in [1.165, 1.54) is 0 Å². The fraction of sp³-hybridized carbons (Fsp3) is 0.952.